The number of alkyl halides is 2. The number of esters is 2. The van der Waals surface area contributed by atoms with E-state index in [1.54, 1.807) is 0 Å². The van der Waals surface area contributed by atoms with E-state index in [0.717, 1.165) is 23.3 Å². The van der Waals surface area contributed by atoms with Gasteiger partial charge in [0.25, 0.3) is 0 Å². The third-order valence-electron chi connectivity index (χ3n) is 11.6. The third-order valence-corrected chi connectivity index (χ3v) is 13.5. The molecule has 0 spiro atoms. The summed E-state index contributed by atoms with van der Waals surface area (Å²) in [4.78, 5) is 83.2. The molecule has 2 aromatic carbocycles. The van der Waals surface area contributed by atoms with Crippen molar-refractivity contribution >= 4 is 59.6 Å². The van der Waals surface area contributed by atoms with Gasteiger partial charge < -0.3 is 25.5 Å². The summed E-state index contributed by atoms with van der Waals surface area (Å²) in [6.07, 6.45) is 1.19. The second kappa shape index (κ2) is 19.0. The molecule has 3 aromatic rings. The first-order chi connectivity index (χ1) is 29.2. The molecule has 3 heterocycles. The van der Waals surface area contributed by atoms with Crippen LogP contribution in [-0.4, -0.2) is 66.1 Å². The molecule has 0 radical (unpaired) electrons. The minimum atomic E-state index is -5.61. The average molecular weight is 901 g/mol. The minimum absolute atomic E-state index is 0.00231. The highest BCUT2D eigenvalue weighted by Gasteiger charge is 2.56. The number of aromatic nitrogens is 1. The Bertz CT molecular complexity index is 2260. The van der Waals surface area contributed by atoms with Crippen LogP contribution in [0.15, 0.2) is 42.5 Å². The number of nitrogens with zero attached hydrogens (tertiary/aromatic N) is 1. The van der Waals surface area contributed by atoms with Crippen LogP contribution in [-0.2, 0) is 65.6 Å². The minimum Gasteiger partial charge on any atom is -0.438 e. The van der Waals surface area contributed by atoms with Crippen LogP contribution >= 0.6 is 7.60 Å². The normalized spacial score (nSPS) is 17.8. The summed E-state index contributed by atoms with van der Waals surface area (Å²) in [7, 11) is -5.61. The monoisotopic (exact) mass is 900 g/mol. The van der Waals surface area contributed by atoms with Gasteiger partial charge in [-0.05, 0) is 102 Å². The Hall–Kier alpha value is -4.99. The maximum atomic E-state index is 16.3. The quantitative estimate of drug-likeness (QED) is 0.0488. The molecule has 2 aliphatic rings. The Morgan fingerprint density at radius 2 is 1.52 bits per heavy atom. The summed E-state index contributed by atoms with van der Waals surface area (Å²) < 4.78 is 66.4. The lowest BCUT2D eigenvalue weighted by atomic mass is 9.87. The fourth-order valence-corrected chi connectivity index (χ4v) is 8.73. The Morgan fingerprint density at radius 3 is 2.10 bits per heavy atom. The third kappa shape index (κ3) is 11.0. The molecule has 2 aliphatic heterocycles. The lowest BCUT2D eigenvalue weighted by Gasteiger charge is -2.32. The number of nitrogens with one attached hydrogen (secondary N) is 2. The highest BCUT2D eigenvalue weighted by molar-refractivity contribution is 7.54. The van der Waals surface area contributed by atoms with Crippen molar-refractivity contribution in [3.8, 4) is 0 Å². The number of ether oxygens (including phenoxy) is 2. The molecule has 3 amide bonds. The summed E-state index contributed by atoms with van der Waals surface area (Å²) in [5.74, 6) is -4.06. The zero-order chi connectivity index (χ0) is 46.8. The van der Waals surface area contributed by atoms with Crippen LogP contribution in [0, 0.1) is 28.6 Å². The molecule has 15 nitrogen and oxygen atoms in total. The Labute approximate surface area is 366 Å². The van der Waals surface area contributed by atoms with Crippen molar-refractivity contribution in [2.24, 2.45) is 34.3 Å². The molecule has 5 rings (SSSR count). The number of para-hydroxylation sites is 1. The largest absolute Gasteiger partial charge is 0.438 e. The molecule has 0 saturated heterocycles. The van der Waals surface area contributed by atoms with Crippen molar-refractivity contribution in [1.29, 1.82) is 0 Å². The Kier molecular flexibility index (Phi) is 14.8. The van der Waals surface area contributed by atoms with Crippen molar-refractivity contribution < 1.29 is 60.6 Å². The zero-order valence-electron chi connectivity index (χ0n) is 37.3. The molecule has 1 aromatic heterocycles. The van der Waals surface area contributed by atoms with Gasteiger partial charge in [0.2, 0.25) is 31.3 Å². The summed E-state index contributed by atoms with van der Waals surface area (Å²) in [5.41, 5.74) is 0.796. The fourth-order valence-electron chi connectivity index (χ4n) is 7.49. The highest BCUT2D eigenvalue weighted by atomic mass is 31.2. The number of nitrogens with two attached hydrogens (primary N) is 1. The molecule has 18 heteroatoms. The number of hydrogen-bond acceptors (Lipinski definition) is 11. The Balaban J connectivity index is 1.37. The number of aromatic amines is 1. The molecule has 0 saturated carbocycles. The molecule has 63 heavy (non-hydrogen) atoms. The van der Waals surface area contributed by atoms with E-state index in [4.69, 9.17) is 24.3 Å². The molecule has 4 atom stereocenters. The lowest BCUT2D eigenvalue weighted by Crippen LogP contribution is -2.53. The predicted octanol–water partition coefficient (Wildman–Crippen LogP) is 7.67. The van der Waals surface area contributed by atoms with E-state index in [2.05, 4.69) is 10.3 Å². The van der Waals surface area contributed by atoms with Gasteiger partial charge in [-0.1, -0.05) is 45.0 Å². The van der Waals surface area contributed by atoms with Crippen molar-refractivity contribution in [3.05, 3.63) is 64.8 Å². The highest BCUT2D eigenvalue weighted by Crippen LogP contribution is 2.67. The summed E-state index contributed by atoms with van der Waals surface area (Å²) in [6, 6.07) is 8.91. The van der Waals surface area contributed by atoms with Gasteiger partial charge in [0, 0.05) is 47.7 Å². The molecular weight excluding hydrogens is 841 g/mol. The topological polar surface area (TPSA) is 213 Å². The molecule has 344 valence electrons. The fraction of sp³-hybridized carbons (Fsp3) is 0.556. The van der Waals surface area contributed by atoms with Crippen LogP contribution in [0.2, 0.25) is 0 Å². The number of halogens is 2. The van der Waals surface area contributed by atoms with Gasteiger partial charge in [-0.2, -0.15) is 8.78 Å². The number of anilines is 1. The van der Waals surface area contributed by atoms with Gasteiger partial charge >= 0.3 is 25.2 Å². The van der Waals surface area contributed by atoms with E-state index in [1.807, 2.05) is 39.0 Å². The number of primary amides is 1. The van der Waals surface area contributed by atoms with Gasteiger partial charge in [0.05, 0.1) is 22.2 Å². The van der Waals surface area contributed by atoms with Crippen LogP contribution < -0.4 is 16.0 Å². The summed E-state index contributed by atoms with van der Waals surface area (Å²) in [6.45, 7) is 12.8. The maximum absolute atomic E-state index is 16.3. The van der Waals surface area contributed by atoms with E-state index < -0.39 is 84.7 Å². The first-order valence-electron chi connectivity index (χ1n) is 21.1. The van der Waals surface area contributed by atoms with Crippen LogP contribution in [0.3, 0.4) is 0 Å². The van der Waals surface area contributed by atoms with Crippen molar-refractivity contribution in [2.75, 3.05) is 18.5 Å². The number of ketones is 1. The molecule has 4 N–H and O–H groups in total. The number of Topliss-reactive ketones (excluding diaryl/α,β-unsaturated/α-hetero) is 1. The average Bonchev–Trinajstić information content (AvgIpc) is 3.78. The zero-order valence-corrected chi connectivity index (χ0v) is 38.2. The molecule has 0 bridgehead atoms. The van der Waals surface area contributed by atoms with Gasteiger partial charge in [-0.25, -0.2) is 0 Å². The number of aryl methyl sites for hydroxylation is 1. The predicted molar refractivity (Wildman–Crippen MR) is 229 cm³/mol. The smallest absolute Gasteiger partial charge is 0.410 e. The van der Waals surface area contributed by atoms with Crippen LogP contribution in [0.4, 0.5) is 14.5 Å². The van der Waals surface area contributed by atoms with Crippen molar-refractivity contribution in [3.63, 3.8) is 0 Å². The van der Waals surface area contributed by atoms with E-state index in [1.165, 1.54) is 58.6 Å². The van der Waals surface area contributed by atoms with Gasteiger partial charge in [0.1, 0.15) is 6.04 Å². The first kappa shape index (κ1) is 49.0. The van der Waals surface area contributed by atoms with E-state index in [-0.39, 0.29) is 59.6 Å². The Morgan fingerprint density at radius 1 is 0.921 bits per heavy atom. The number of carbonyl (C=O) groups excluding carboxylic acids is 6. The number of hydrogen-bond donors (Lipinski definition) is 3. The number of fused-ring (bicyclic) bond motifs is 1. The van der Waals surface area contributed by atoms with Gasteiger partial charge in [0.15, 0.2) is 5.78 Å². The summed E-state index contributed by atoms with van der Waals surface area (Å²) in [5, 5.41) is 3.23. The van der Waals surface area contributed by atoms with E-state index in [9.17, 15) is 33.3 Å². The standard InChI is InChI=1S/C45H59F2N4O11P/c1-25(2)26(3)32(17-18-37(48)53)50-39(54)35-21-28-12-10-11-27-13-14-29(40(55)51(35)38(27)28)22-36(52)34-20-30-19-31(15-16-33(30)49-34)45(46,47)63(58,61-23-59-41(56)43(4,5)6)62-24-60-42(57)44(7,8)9/h10-12,15-16,19-20,25-26,29,32,35,49H,13-14,17-18,21-24H2,1-9H3,(H2,48,53)(H,50,54)/t26-,29+,32-,35-/m0/s1. The molecule has 0 aliphatic carbocycles. The van der Waals surface area contributed by atoms with Gasteiger partial charge in [-0.15, -0.1) is 0 Å². The van der Waals surface area contributed by atoms with Crippen LogP contribution in [0.25, 0.3) is 10.9 Å². The molecular formula is C45H59F2N4O11P. The van der Waals surface area contributed by atoms with Crippen LogP contribution in [0.1, 0.15) is 115 Å². The lowest BCUT2D eigenvalue weighted by molar-refractivity contribution is -0.163. The molecule has 0 unspecified atom stereocenters. The van der Waals surface area contributed by atoms with E-state index in [0.29, 0.717) is 24.9 Å². The first-order valence-corrected chi connectivity index (χ1v) is 22.6. The second-order valence-corrected chi connectivity index (χ2v) is 20.9. The number of benzene rings is 2. The van der Waals surface area contributed by atoms with Gasteiger partial charge in [-0.3, -0.25) is 47.3 Å². The maximum Gasteiger partial charge on any atom is 0.410 e. The SMILES string of the molecule is CC(C)[C@H](C)[C@H](CCC(N)=O)NC(=O)[C@@H]1Cc2cccc3c2N1C(=O)[C@@H](CC(=O)c1cc2cc(C(F)(F)P(=O)(OCOC(=O)C(C)(C)C)OCOC(=O)C(C)(C)C)ccc2[nH]1)CC3. The second-order valence-electron chi connectivity index (χ2n) is 18.8. The molecule has 0 fully saturated rings. The van der Waals surface area contributed by atoms with Crippen molar-refractivity contribution in [2.45, 2.75) is 119 Å². The van der Waals surface area contributed by atoms with Crippen molar-refractivity contribution in [1.82, 2.24) is 10.3 Å². The number of carbonyl (C=O) groups is 6. The number of rotatable bonds is 18. The number of amides is 3. The van der Waals surface area contributed by atoms with Crippen LogP contribution in [0.5, 0.6) is 0 Å². The number of H-pyrrole nitrogens is 1. The summed E-state index contributed by atoms with van der Waals surface area (Å²) >= 11 is 0. The van der Waals surface area contributed by atoms with E-state index >= 15 is 8.78 Å².